The number of non-ortho nitro benzene ring substituents is 1. The van der Waals surface area contributed by atoms with E-state index < -0.39 is 12.7 Å². The van der Waals surface area contributed by atoms with Gasteiger partial charge in [0.25, 0.3) is 5.69 Å². The van der Waals surface area contributed by atoms with Crippen LogP contribution in [0.25, 0.3) is 11.1 Å². The Labute approximate surface area is 329 Å². The molecule has 16 heteroatoms. The maximum atomic E-state index is 13.0. The van der Waals surface area contributed by atoms with Crippen LogP contribution in [0.15, 0.2) is 72.8 Å². The second-order valence-electron chi connectivity index (χ2n) is 14.7. The standard InChI is InChI=1S/C30H42N2O6.C10H14NO6P/c1-31(2,21-29-35-15-5-16-36-29)19-27(33)25-11-7-23(8-12-25)24-9-13-26(14-10-24)28(34)20-32(3,4)22-30-37-17-6-18-38-30;1-3-15-18(14,16-4-2)17-10-7-5-9(6-8-10)11(12)13/h7-14,29-30H,5-6,15-22H2,1-4H3;5-8H,3-4H2,1-2H3/q+2;. The Kier molecular flexibility index (Phi) is 16.8. The minimum atomic E-state index is -3.65. The first kappa shape index (κ1) is 44.8. The Hall–Kier alpha value is -3.89. The number of Topliss-reactive ketones (excluding diaryl/α,β-unsaturated/α-hetero) is 2. The molecule has 0 saturated carbocycles. The number of likely N-dealkylation sites (N-methyl/N-ethyl adjacent to an activating group) is 2. The fourth-order valence-electron chi connectivity index (χ4n) is 6.04. The van der Waals surface area contributed by atoms with Crippen molar-refractivity contribution >= 4 is 25.1 Å². The summed E-state index contributed by atoms with van der Waals surface area (Å²) in [5.41, 5.74) is 3.29. The minimum Gasteiger partial charge on any atom is -0.404 e. The van der Waals surface area contributed by atoms with E-state index in [2.05, 4.69) is 0 Å². The molecule has 0 amide bonds. The lowest BCUT2D eigenvalue weighted by atomic mass is 10.00. The number of nitrogens with zero attached hydrogens (tertiary/aromatic N) is 3. The average Bonchev–Trinajstić information content (AvgIpc) is 3.15. The highest BCUT2D eigenvalue weighted by molar-refractivity contribution is 7.48. The van der Waals surface area contributed by atoms with Crippen LogP contribution in [0.5, 0.6) is 5.75 Å². The predicted octanol–water partition coefficient (Wildman–Crippen LogP) is 6.55. The maximum Gasteiger partial charge on any atom is 0.530 e. The molecule has 3 aromatic carbocycles. The number of nitro groups is 1. The Balaban J connectivity index is 0.000000325. The number of hydrogen-bond acceptors (Lipinski definition) is 12. The molecule has 0 atom stereocenters. The van der Waals surface area contributed by atoms with Crippen molar-refractivity contribution in [1.82, 2.24) is 0 Å². The number of ketones is 2. The zero-order valence-corrected chi connectivity index (χ0v) is 34.2. The van der Waals surface area contributed by atoms with Crippen LogP contribution in [0, 0.1) is 10.1 Å². The summed E-state index contributed by atoms with van der Waals surface area (Å²) in [7, 11) is 4.44. The van der Waals surface area contributed by atoms with Gasteiger partial charge in [0.1, 0.15) is 31.9 Å². The molecule has 2 aliphatic rings. The van der Waals surface area contributed by atoms with Gasteiger partial charge in [-0.3, -0.25) is 28.8 Å². The van der Waals surface area contributed by atoms with Gasteiger partial charge in [-0.15, -0.1) is 0 Å². The van der Waals surface area contributed by atoms with Crippen LogP contribution in [0.4, 0.5) is 5.69 Å². The number of carbonyl (C=O) groups is 2. The number of benzene rings is 3. The van der Waals surface area contributed by atoms with Gasteiger partial charge in [-0.25, -0.2) is 4.57 Å². The largest absolute Gasteiger partial charge is 0.530 e. The predicted molar refractivity (Wildman–Crippen MR) is 209 cm³/mol. The summed E-state index contributed by atoms with van der Waals surface area (Å²) in [5, 5.41) is 10.5. The molecule has 3 aromatic rings. The molecular formula is C40H56N3O12P+2. The van der Waals surface area contributed by atoms with Gasteiger partial charge in [0, 0.05) is 23.3 Å². The summed E-state index contributed by atoms with van der Waals surface area (Å²) >= 11 is 0. The number of carbonyl (C=O) groups excluding carboxylic acids is 2. The van der Waals surface area contributed by atoms with Crippen molar-refractivity contribution in [2.45, 2.75) is 39.3 Å². The first-order valence-electron chi connectivity index (χ1n) is 18.8. The molecular weight excluding hydrogens is 745 g/mol. The first-order chi connectivity index (χ1) is 26.6. The Morgan fingerprint density at radius 2 is 1.05 bits per heavy atom. The summed E-state index contributed by atoms with van der Waals surface area (Å²) < 4.78 is 50.6. The molecule has 2 saturated heterocycles. The molecule has 15 nitrogen and oxygen atoms in total. The molecule has 0 aromatic heterocycles. The summed E-state index contributed by atoms with van der Waals surface area (Å²) in [4.78, 5) is 35.8. The lowest BCUT2D eigenvalue weighted by molar-refractivity contribution is -0.888. The van der Waals surface area contributed by atoms with Crippen molar-refractivity contribution in [2.75, 3.05) is 94.0 Å². The maximum absolute atomic E-state index is 13.0. The zero-order valence-electron chi connectivity index (χ0n) is 33.3. The molecule has 0 spiro atoms. The first-order valence-corrected chi connectivity index (χ1v) is 20.3. The average molecular weight is 802 g/mol. The quantitative estimate of drug-likeness (QED) is 0.0450. The van der Waals surface area contributed by atoms with Crippen molar-refractivity contribution in [3.05, 3.63) is 94.0 Å². The van der Waals surface area contributed by atoms with Crippen molar-refractivity contribution < 1.29 is 60.6 Å². The molecule has 2 heterocycles. The molecule has 306 valence electrons. The van der Waals surface area contributed by atoms with Crippen LogP contribution < -0.4 is 4.52 Å². The molecule has 2 fully saturated rings. The van der Waals surface area contributed by atoms with Gasteiger partial charge in [-0.2, -0.15) is 0 Å². The number of phosphoric ester groups is 1. The summed E-state index contributed by atoms with van der Waals surface area (Å²) in [6, 6.07) is 20.5. The van der Waals surface area contributed by atoms with Crippen LogP contribution in [0.1, 0.15) is 47.4 Å². The van der Waals surface area contributed by atoms with E-state index in [1.807, 2.05) is 76.7 Å². The van der Waals surface area contributed by atoms with Gasteiger partial charge in [0.15, 0.2) is 0 Å². The normalized spacial score (nSPS) is 15.8. The smallest absolute Gasteiger partial charge is 0.404 e. The number of nitro benzene ring substituents is 1. The van der Waals surface area contributed by atoms with Gasteiger partial charge in [0.05, 0.1) is 72.8 Å². The summed E-state index contributed by atoms with van der Waals surface area (Å²) in [6.45, 7) is 8.48. The molecule has 0 aliphatic carbocycles. The third kappa shape index (κ3) is 14.6. The van der Waals surface area contributed by atoms with Gasteiger partial charge in [0.2, 0.25) is 24.1 Å². The lowest BCUT2D eigenvalue weighted by Gasteiger charge is -2.34. The summed E-state index contributed by atoms with van der Waals surface area (Å²) in [5.74, 6) is 0.358. The van der Waals surface area contributed by atoms with E-state index in [-0.39, 0.29) is 48.8 Å². The molecule has 5 rings (SSSR count). The van der Waals surface area contributed by atoms with E-state index in [1.165, 1.54) is 24.3 Å². The van der Waals surface area contributed by atoms with Crippen LogP contribution in [0.3, 0.4) is 0 Å². The monoisotopic (exact) mass is 801 g/mol. The van der Waals surface area contributed by atoms with E-state index in [1.54, 1.807) is 13.8 Å². The Morgan fingerprint density at radius 3 is 1.39 bits per heavy atom. The number of rotatable bonds is 18. The van der Waals surface area contributed by atoms with Crippen LogP contribution >= 0.6 is 7.82 Å². The summed E-state index contributed by atoms with van der Waals surface area (Å²) in [6.07, 6.45) is 1.32. The fourth-order valence-corrected chi connectivity index (χ4v) is 7.23. The highest BCUT2D eigenvalue weighted by atomic mass is 31.2. The second kappa shape index (κ2) is 21.0. The van der Waals surface area contributed by atoms with E-state index in [4.69, 9.17) is 32.5 Å². The number of hydrogen-bond donors (Lipinski definition) is 0. The number of quaternary nitrogens is 2. The topological polar surface area (TPSA) is 159 Å². The van der Waals surface area contributed by atoms with E-state index in [0.29, 0.717) is 72.7 Å². The highest BCUT2D eigenvalue weighted by Crippen LogP contribution is 2.49. The van der Waals surface area contributed by atoms with Gasteiger partial charge in [-0.1, -0.05) is 48.5 Å². The molecule has 0 unspecified atom stereocenters. The third-order valence-corrected chi connectivity index (χ3v) is 10.4. The van der Waals surface area contributed by atoms with Gasteiger partial charge >= 0.3 is 7.82 Å². The SMILES string of the molecule is CCOP(=O)(OCC)Oc1ccc([N+](=O)[O-])cc1.C[N+](C)(CC(=O)c1ccc(-c2ccc(C(=O)C[N+](C)(C)CC3OCCCO3)cc2)cc1)CC1OCCCO1. The number of ether oxygens (including phenoxy) is 4. The Morgan fingerprint density at radius 1 is 0.679 bits per heavy atom. The third-order valence-electron chi connectivity index (χ3n) is 8.81. The van der Waals surface area contributed by atoms with Crippen LogP contribution in [-0.4, -0.2) is 132 Å². The zero-order chi connectivity index (χ0) is 40.8. The molecule has 2 aliphatic heterocycles. The van der Waals surface area contributed by atoms with Crippen molar-refractivity contribution in [3.8, 4) is 16.9 Å². The van der Waals surface area contributed by atoms with E-state index in [0.717, 1.165) is 24.0 Å². The minimum absolute atomic E-state index is 0.0787. The van der Waals surface area contributed by atoms with Crippen LogP contribution in [-0.2, 0) is 32.6 Å². The Bertz CT molecular complexity index is 1660. The molecule has 0 bridgehead atoms. The molecule has 0 radical (unpaired) electrons. The second-order valence-corrected chi connectivity index (χ2v) is 16.3. The van der Waals surface area contributed by atoms with Gasteiger partial charge < -0.3 is 32.4 Å². The highest BCUT2D eigenvalue weighted by Gasteiger charge is 2.30. The van der Waals surface area contributed by atoms with Crippen molar-refractivity contribution in [2.24, 2.45) is 0 Å². The van der Waals surface area contributed by atoms with Crippen molar-refractivity contribution in [1.29, 1.82) is 0 Å². The molecule has 0 N–H and O–H groups in total. The van der Waals surface area contributed by atoms with Crippen LogP contribution in [0.2, 0.25) is 0 Å². The fraction of sp³-hybridized carbons (Fsp3) is 0.500. The lowest BCUT2D eigenvalue weighted by Crippen LogP contribution is -2.50. The van der Waals surface area contributed by atoms with Crippen molar-refractivity contribution in [3.63, 3.8) is 0 Å². The molecule has 56 heavy (non-hydrogen) atoms. The van der Waals surface area contributed by atoms with E-state index in [9.17, 15) is 24.3 Å². The van der Waals surface area contributed by atoms with E-state index >= 15 is 0 Å². The van der Waals surface area contributed by atoms with Gasteiger partial charge in [-0.05, 0) is 49.9 Å². The number of phosphoric acid groups is 1.